The van der Waals surface area contributed by atoms with Gasteiger partial charge in [0.1, 0.15) is 6.17 Å². The van der Waals surface area contributed by atoms with E-state index in [0.29, 0.717) is 11.3 Å². The minimum Gasteiger partial charge on any atom is -0.454 e. The Morgan fingerprint density at radius 1 is 0.929 bits per heavy atom. The third-order valence-corrected chi connectivity index (χ3v) is 5.41. The summed E-state index contributed by atoms with van der Waals surface area (Å²) in [4.78, 5) is 15.3. The molecule has 0 radical (unpaired) electrons. The first-order chi connectivity index (χ1) is 13.6. The summed E-state index contributed by atoms with van der Waals surface area (Å²) in [5.41, 5.74) is 5.63. The van der Waals surface area contributed by atoms with Crippen LogP contribution in [-0.4, -0.2) is 12.7 Å². The summed E-state index contributed by atoms with van der Waals surface area (Å²) < 4.78 is 11.0. The number of nitrogens with one attached hydrogen (secondary N) is 1. The summed E-state index contributed by atoms with van der Waals surface area (Å²) in [6.45, 7) is 4.35. The Bertz CT molecular complexity index is 1090. The van der Waals surface area contributed by atoms with Crippen LogP contribution in [0.2, 0.25) is 0 Å². The van der Waals surface area contributed by atoms with Gasteiger partial charge in [-0.3, -0.25) is 9.69 Å². The lowest BCUT2D eigenvalue weighted by Gasteiger charge is -2.38. The highest BCUT2D eigenvalue weighted by Crippen LogP contribution is 2.40. The second-order valence-electron chi connectivity index (χ2n) is 7.15. The van der Waals surface area contributed by atoms with Gasteiger partial charge in [0.25, 0.3) is 5.91 Å². The first kappa shape index (κ1) is 16.7. The summed E-state index contributed by atoms with van der Waals surface area (Å²) in [6, 6.07) is 19.5. The zero-order valence-electron chi connectivity index (χ0n) is 15.7. The molecule has 0 aromatic heterocycles. The second kappa shape index (κ2) is 6.30. The zero-order chi connectivity index (χ0) is 19.3. The zero-order valence-corrected chi connectivity index (χ0v) is 15.7. The first-order valence-electron chi connectivity index (χ1n) is 9.28. The van der Waals surface area contributed by atoms with Gasteiger partial charge in [0.2, 0.25) is 6.79 Å². The molecule has 1 N–H and O–H groups in total. The van der Waals surface area contributed by atoms with Crippen LogP contribution < -0.4 is 19.7 Å². The van der Waals surface area contributed by atoms with E-state index >= 15 is 0 Å². The molecule has 0 saturated heterocycles. The summed E-state index contributed by atoms with van der Waals surface area (Å²) in [5, 5.41) is 3.53. The molecule has 0 bridgehead atoms. The average molecular weight is 372 g/mol. The van der Waals surface area contributed by atoms with Crippen molar-refractivity contribution < 1.29 is 14.3 Å². The van der Waals surface area contributed by atoms with Crippen molar-refractivity contribution in [3.05, 3.63) is 82.9 Å². The molecule has 2 heterocycles. The largest absolute Gasteiger partial charge is 0.454 e. The van der Waals surface area contributed by atoms with Gasteiger partial charge in [-0.1, -0.05) is 24.3 Å². The maximum absolute atomic E-state index is 13.5. The Balaban J connectivity index is 1.65. The molecule has 2 aliphatic rings. The van der Waals surface area contributed by atoms with Gasteiger partial charge in [0, 0.05) is 11.4 Å². The average Bonchev–Trinajstić information content (AvgIpc) is 3.18. The summed E-state index contributed by atoms with van der Waals surface area (Å²) in [6.07, 6.45) is -0.348. The number of fused-ring (bicyclic) bond motifs is 2. The third-order valence-electron chi connectivity index (χ3n) is 5.41. The molecule has 28 heavy (non-hydrogen) atoms. The number of hydrogen-bond acceptors (Lipinski definition) is 4. The topological polar surface area (TPSA) is 50.8 Å². The van der Waals surface area contributed by atoms with E-state index in [4.69, 9.17) is 9.47 Å². The molecule has 5 rings (SSSR count). The predicted octanol–water partition coefficient (Wildman–Crippen LogP) is 4.80. The van der Waals surface area contributed by atoms with Gasteiger partial charge in [-0.2, -0.15) is 0 Å². The molecular weight excluding hydrogens is 352 g/mol. The lowest BCUT2D eigenvalue weighted by molar-refractivity contribution is 0.0975. The lowest BCUT2D eigenvalue weighted by Crippen LogP contribution is -2.43. The van der Waals surface area contributed by atoms with E-state index in [-0.39, 0.29) is 18.9 Å². The highest BCUT2D eigenvalue weighted by Gasteiger charge is 2.34. The van der Waals surface area contributed by atoms with Crippen molar-refractivity contribution in [3.63, 3.8) is 0 Å². The predicted molar refractivity (Wildman–Crippen MR) is 108 cm³/mol. The van der Waals surface area contributed by atoms with Gasteiger partial charge >= 0.3 is 0 Å². The molecule has 1 atom stereocenters. The Morgan fingerprint density at radius 2 is 1.75 bits per heavy atom. The number of aryl methyl sites for hydroxylation is 2. The quantitative estimate of drug-likeness (QED) is 0.702. The first-order valence-corrected chi connectivity index (χ1v) is 9.28. The molecule has 0 spiro atoms. The number of benzene rings is 3. The molecule has 3 aromatic rings. The highest BCUT2D eigenvalue weighted by molar-refractivity contribution is 6.12. The van der Waals surface area contributed by atoms with Crippen molar-refractivity contribution in [2.24, 2.45) is 0 Å². The number of para-hydroxylation sites is 1. The fraction of sp³-hybridized carbons (Fsp3) is 0.174. The Hall–Kier alpha value is -3.47. The van der Waals surface area contributed by atoms with Crippen LogP contribution >= 0.6 is 0 Å². The van der Waals surface area contributed by atoms with Crippen molar-refractivity contribution in [2.75, 3.05) is 17.0 Å². The molecule has 1 amide bonds. The van der Waals surface area contributed by atoms with Crippen molar-refractivity contribution in [1.82, 2.24) is 0 Å². The van der Waals surface area contributed by atoms with Gasteiger partial charge in [-0.25, -0.2) is 0 Å². The molecule has 2 aliphatic heterocycles. The van der Waals surface area contributed by atoms with Crippen LogP contribution in [-0.2, 0) is 0 Å². The van der Waals surface area contributed by atoms with Crippen molar-refractivity contribution >= 4 is 17.3 Å². The van der Waals surface area contributed by atoms with E-state index in [1.54, 1.807) is 0 Å². The van der Waals surface area contributed by atoms with Crippen LogP contribution in [0.3, 0.4) is 0 Å². The van der Waals surface area contributed by atoms with E-state index in [9.17, 15) is 4.79 Å². The van der Waals surface area contributed by atoms with E-state index < -0.39 is 0 Å². The number of nitrogens with zero attached hydrogens (tertiary/aromatic N) is 1. The Kier molecular flexibility index (Phi) is 3.76. The number of hydrogen-bond donors (Lipinski definition) is 1. The Morgan fingerprint density at radius 3 is 2.61 bits per heavy atom. The van der Waals surface area contributed by atoms with Crippen LogP contribution in [0.5, 0.6) is 11.5 Å². The summed E-state index contributed by atoms with van der Waals surface area (Å²) >= 11 is 0. The lowest BCUT2D eigenvalue weighted by atomic mass is 10.0. The number of carbonyl (C=O) groups excluding carboxylic acids is 1. The van der Waals surface area contributed by atoms with E-state index in [0.717, 1.165) is 28.3 Å². The molecule has 0 fully saturated rings. The maximum Gasteiger partial charge on any atom is 0.262 e. The molecular formula is C23H20N2O3. The normalized spacial score (nSPS) is 17.3. The van der Waals surface area contributed by atoms with E-state index in [2.05, 4.69) is 31.3 Å². The van der Waals surface area contributed by atoms with Crippen molar-refractivity contribution in [3.8, 4) is 11.5 Å². The minimum absolute atomic E-state index is 0.0275. The van der Waals surface area contributed by atoms with Gasteiger partial charge in [-0.15, -0.1) is 0 Å². The van der Waals surface area contributed by atoms with Gasteiger partial charge < -0.3 is 14.8 Å². The number of anilines is 2. The SMILES string of the molecule is Cc1ccc(N2C(=O)c3ccccc3N[C@H]2c2ccc3c(c2)OCO3)cc1C. The molecule has 0 saturated carbocycles. The summed E-state index contributed by atoms with van der Waals surface area (Å²) in [7, 11) is 0. The number of carbonyl (C=O) groups is 1. The van der Waals surface area contributed by atoms with Crippen molar-refractivity contribution in [2.45, 2.75) is 20.0 Å². The fourth-order valence-electron chi connectivity index (χ4n) is 3.71. The minimum atomic E-state index is -0.348. The number of amides is 1. The fourth-order valence-corrected chi connectivity index (χ4v) is 3.71. The van der Waals surface area contributed by atoms with E-state index in [1.807, 2.05) is 53.4 Å². The monoisotopic (exact) mass is 372 g/mol. The molecule has 5 nitrogen and oxygen atoms in total. The van der Waals surface area contributed by atoms with E-state index in [1.165, 1.54) is 5.56 Å². The Labute approximate surface area is 163 Å². The number of rotatable bonds is 2. The van der Waals surface area contributed by atoms with Crippen LogP contribution in [0.4, 0.5) is 11.4 Å². The van der Waals surface area contributed by atoms with Gasteiger partial charge in [0.15, 0.2) is 11.5 Å². The second-order valence-corrected chi connectivity index (χ2v) is 7.15. The maximum atomic E-state index is 13.5. The molecule has 0 aliphatic carbocycles. The smallest absolute Gasteiger partial charge is 0.262 e. The highest BCUT2D eigenvalue weighted by atomic mass is 16.7. The van der Waals surface area contributed by atoms with Gasteiger partial charge in [-0.05, 0) is 66.9 Å². The molecule has 3 aromatic carbocycles. The van der Waals surface area contributed by atoms with Crippen molar-refractivity contribution in [1.29, 1.82) is 0 Å². The molecule has 5 heteroatoms. The van der Waals surface area contributed by atoms with Crippen LogP contribution in [0.1, 0.15) is 33.2 Å². The van der Waals surface area contributed by atoms with Crippen LogP contribution in [0.25, 0.3) is 0 Å². The van der Waals surface area contributed by atoms with Crippen LogP contribution in [0, 0.1) is 13.8 Å². The van der Waals surface area contributed by atoms with Gasteiger partial charge in [0.05, 0.1) is 5.56 Å². The van der Waals surface area contributed by atoms with Crippen LogP contribution in [0.15, 0.2) is 60.7 Å². The molecule has 0 unspecified atom stereocenters. The summed E-state index contributed by atoms with van der Waals surface area (Å²) in [5.74, 6) is 1.40. The molecule has 140 valence electrons. The standard InChI is InChI=1S/C23H20N2O3/c1-14-7-9-17(11-15(14)2)25-22(16-8-10-20-21(12-16)28-13-27-20)24-19-6-4-3-5-18(19)23(25)26/h3-12,22,24H,13H2,1-2H3/t22-/m1/s1. The third kappa shape index (κ3) is 2.59. The number of ether oxygens (including phenoxy) is 2.